The van der Waals surface area contributed by atoms with Crippen molar-refractivity contribution in [2.24, 2.45) is 0 Å². The Morgan fingerprint density at radius 3 is 2.60 bits per heavy atom. The Bertz CT molecular complexity index is 422. The summed E-state index contributed by atoms with van der Waals surface area (Å²) in [5.74, 6) is 0.289. The molecule has 0 aliphatic heterocycles. The maximum absolute atomic E-state index is 11.4. The Labute approximate surface area is 88.4 Å². The van der Waals surface area contributed by atoms with Gasteiger partial charge in [-0.15, -0.1) is 0 Å². The molecule has 0 aliphatic carbocycles. The van der Waals surface area contributed by atoms with Gasteiger partial charge in [-0.05, 0) is 20.0 Å². The van der Waals surface area contributed by atoms with E-state index in [1.54, 1.807) is 17.2 Å². The lowest BCUT2D eigenvalue weighted by Crippen LogP contribution is -2.28. The van der Waals surface area contributed by atoms with Crippen molar-refractivity contribution in [2.75, 3.05) is 16.4 Å². The van der Waals surface area contributed by atoms with Crippen LogP contribution in [0.3, 0.4) is 0 Å². The van der Waals surface area contributed by atoms with Crippen LogP contribution in [0.4, 0.5) is 17.2 Å². The summed E-state index contributed by atoms with van der Waals surface area (Å²) in [5, 5.41) is 0. The molecule has 1 aromatic heterocycles. The first kappa shape index (κ1) is 11.2. The number of nitrogens with one attached hydrogen (secondary N) is 1. The van der Waals surface area contributed by atoms with Crippen LogP contribution in [-0.4, -0.2) is 11.0 Å². The maximum atomic E-state index is 11.4. The quantitative estimate of drug-likeness (QED) is 0.688. The number of anilines is 3. The number of hydrogen-bond donors (Lipinski definition) is 3. The van der Waals surface area contributed by atoms with E-state index >= 15 is 0 Å². The number of aromatic amines is 1. The van der Waals surface area contributed by atoms with E-state index in [2.05, 4.69) is 11.6 Å². The third-order valence-electron chi connectivity index (χ3n) is 2.10. The number of aromatic nitrogens is 1. The molecule has 0 radical (unpaired) electrons. The fourth-order valence-corrected chi connectivity index (χ4v) is 1.38. The number of nitrogens with zero attached hydrogens (tertiary/aromatic N) is 1. The molecule has 0 saturated heterocycles. The van der Waals surface area contributed by atoms with Gasteiger partial charge in [0, 0.05) is 12.1 Å². The Hall–Kier alpha value is -1.91. The van der Waals surface area contributed by atoms with Gasteiger partial charge in [0.2, 0.25) is 0 Å². The SMILES string of the molecule is C=CN(c1cc(N)[nH]c(=O)c1N)C(C)C. The van der Waals surface area contributed by atoms with Crippen molar-refractivity contribution in [1.29, 1.82) is 0 Å². The van der Waals surface area contributed by atoms with E-state index in [4.69, 9.17) is 11.5 Å². The summed E-state index contributed by atoms with van der Waals surface area (Å²) in [5.41, 5.74) is 11.6. The van der Waals surface area contributed by atoms with Crippen LogP contribution in [0.5, 0.6) is 0 Å². The van der Waals surface area contributed by atoms with E-state index in [1.807, 2.05) is 13.8 Å². The summed E-state index contributed by atoms with van der Waals surface area (Å²) in [6.07, 6.45) is 1.62. The zero-order valence-corrected chi connectivity index (χ0v) is 8.95. The number of pyridine rings is 1. The van der Waals surface area contributed by atoms with Crippen LogP contribution in [0.15, 0.2) is 23.6 Å². The van der Waals surface area contributed by atoms with E-state index in [0.29, 0.717) is 5.69 Å². The van der Waals surface area contributed by atoms with Crippen molar-refractivity contribution < 1.29 is 0 Å². The maximum Gasteiger partial charge on any atom is 0.274 e. The first-order valence-electron chi connectivity index (χ1n) is 4.66. The molecule has 15 heavy (non-hydrogen) atoms. The summed E-state index contributed by atoms with van der Waals surface area (Å²) in [6, 6.07) is 1.78. The Morgan fingerprint density at radius 2 is 2.13 bits per heavy atom. The van der Waals surface area contributed by atoms with Gasteiger partial charge in [-0.3, -0.25) is 4.79 Å². The number of rotatable bonds is 3. The van der Waals surface area contributed by atoms with Gasteiger partial charge in [0.1, 0.15) is 11.5 Å². The average molecular weight is 208 g/mol. The summed E-state index contributed by atoms with van der Waals surface area (Å²) < 4.78 is 0. The highest BCUT2D eigenvalue weighted by molar-refractivity contribution is 5.70. The first-order valence-corrected chi connectivity index (χ1v) is 4.66. The van der Waals surface area contributed by atoms with E-state index < -0.39 is 0 Å². The zero-order valence-electron chi connectivity index (χ0n) is 8.95. The van der Waals surface area contributed by atoms with Gasteiger partial charge in [-0.1, -0.05) is 6.58 Å². The van der Waals surface area contributed by atoms with Crippen LogP contribution in [0.25, 0.3) is 0 Å². The van der Waals surface area contributed by atoms with Gasteiger partial charge >= 0.3 is 0 Å². The minimum Gasteiger partial charge on any atom is -0.393 e. The number of hydrogen-bond acceptors (Lipinski definition) is 4. The predicted molar refractivity (Wildman–Crippen MR) is 63.7 cm³/mol. The van der Waals surface area contributed by atoms with Crippen LogP contribution in [0, 0.1) is 0 Å². The second kappa shape index (κ2) is 4.08. The van der Waals surface area contributed by atoms with Gasteiger partial charge in [0.05, 0.1) is 5.69 Å². The van der Waals surface area contributed by atoms with E-state index in [9.17, 15) is 4.79 Å². The van der Waals surface area contributed by atoms with Gasteiger partial charge in [-0.2, -0.15) is 0 Å². The minimum atomic E-state index is -0.377. The van der Waals surface area contributed by atoms with Gasteiger partial charge in [-0.25, -0.2) is 0 Å². The fraction of sp³-hybridized carbons (Fsp3) is 0.300. The van der Waals surface area contributed by atoms with Crippen LogP contribution in [-0.2, 0) is 0 Å². The molecular weight excluding hydrogens is 192 g/mol. The highest BCUT2D eigenvalue weighted by Crippen LogP contribution is 2.23. The average Bonchev–Trinajstić information content (AvgIpc) is 2.13. The van der Waals surface area contributed by atoms with E-state index in [0.717, 1.165) is 0 Å². The normalized spacial score (nSPS) is 10.3. The number of nitrogen functional groups attached to an aromatic ring is 2. The molecular formula is C10H16N4O. The highest BCUT2D eigenvalue weighted by Gasteiger charge is 2.13. The second-order valence-corrected chi connectivity index (χ2v) is 3.54. The molecule has 1 heterocycles. The topological polar surface area (TPSA) is 88.1 Å². The molecule has 5 heteroatoms. The van der Waals surface area contributed by atoms with Crippen LogP contribution < -0.4 is 21.9 Å². The Balaban J connectivity index is 3.35. The lowest BCUT2D eigenvalue weighted by Gasteiger charge is -2.25. The first-order chi connectivity index (χ1) is 6.97. The molecule has 1 rings (SSSR count). The third-order valence-corrected chi connectivity index (χ3v) is 2.10. The smallest absolute Gasteiger partial charge is 0.274 e. The molecule has 5 nitrogen and oxygen atoms in total. The van der Waals surface area contributed by atoms with Crippen molar-refractivity contribution >= 4 is 17.2 Å². The second-order valence-electron chi connectivity index (χ2n) is 3.54. The molecule has 0 bridgehead atoms. The predicted octanol–water partition coefficient (Wildman–Crippen LogP) is 0.898. The van der Waals surface area contributed by atoms with Crippen LogP contribution in [0.2, 0.25) is 0 Å². The fourth-order valence-electron chi connectivity index (χ4n) is 1.38. The van der Waals surface area contributed by atoms with Gasteiger partial charge in [0.15, 0.2) is 0 Å². The summed E-state index contributed by atoms with van der Waals surface area (Å²) in [4.78, 5) is 15.6. The highest BCUT2D eigenvalue weighted by atomic mass is 16.1. The molecule has 0 atom stereocenters. The van der Waals surface area contributed by atoms with Crippen molar-refractivity contribution in [1.82, 2.24) is 4.98 Å². The van der Waals surface area contributed by atoms with Crippen molar-refractivity contribution in [3.05, 3.63) is 29.2 Å². The van der Waals surface area contributed by atoms with Crippen LogP contribution >= 0.6 is 0 Å². The van der Waals surface area contributed by atoms with Crippen LogP contribution in [0.1, 0.15) is 13.8 Å². The summed E-state index contributed by atoms with van der Waals surface area (Å²) in [6.45, 7) is 7.62. The molecule has 0 spiro atoms. The van der Waals surface area contributed by atoms with Crippen molar-refractivity contribution in [3.8, 4) is 0 Å². The molecule has 5 N–H and O–H groups in total. The largest absolute Gasteiger partial charge is 0.393 e. The molecule has 0 saturated carbocycles. The minimum absolute atomic E-state index is 0.151. The van der Waals surface area contributed by atoms with Crippen molar-refractivity contribution in [3.63, 3.8) is 0 Å². The van der Waals surface area contributed by atoms with E-state index in [-0.39, 0.29) is 23.1 Å². The molecule has 0 aromatic carbocycles. The third kappa shape index (κ3) is 2.12. The Kier molecular flexibility index (Phi) is 3.04. The van der Waals surface area contributed by atoms with Gasteiger partial charge in [0.25, 0.3) is 5.56 Å². The molecule has 0 unspecified atom stereocenters. The standard InChI is InChI=1S/C10H16N4O/c1-4-14(6(2)3)7-5-8(11)13-10(15)9(7)12/h4-6H,1,12H2,2-3H3,(H3,11,13,15). The molecule has 0 aliphatic rings. The molecule has 82 valence electrons. The molecule has 0 amide bonds. The lowest BCUT2D eigenvalue weighted by molar-refractivity contribution is 0.784. The van der Waals surface area contributed by atoms with Gasteiger partial charge < -0.3 is 21.4 Å². The number of H-pyrrole nitrogens is 1. The van der Waals surface area contributed by atoms with Crippen molar-refractivity contribution in [2.45, 2.75) is 19.9 Å². The molecule has 0 fully saturated rings. The molecule has 1 aromatic rings. The van der Waals surface area contributed by atoms with E-state index in [1.165, 1.54) is 0 Å². The Morgan fingerprint density at radius 1 is 1.53 bits per heavy atom. The number of nitrogens with two attached hydrogens (primary N) is 2. The summed E-state index contributed by atoms with van der Waals surface area (Å²) >= 11 is 0. The zero-order chi connectivity index (χ0) is 11.6. The lowest BCUT2D eigenvalue weighted by atomic mass is 10.2. The summed E-state index contributed by atoms with van der Waals surface area (Å²) in [7, 11) is 0. The monoisotopic (exact) mass is 208 g/mol.